The van der Waals surface area contributed by atoms with Crippen molar-refractivity contribution in [2.75, 3.05) is 0 Å². The standard InChI is InChI=1S/C11H10Cl.V/c12-11(9-5-1-2-6-9)10-7-3-4-8-10;/h1-10H;. The van der Waals surface area contributed by atoms with Gasteiger partial charge in [0.15, 0.2) is 0 Å². The number of halogens is 1. The van der Waals surface area contributed by atoms with Gasteiger partial charge in [-0.3, -0.25) is 0 Å². The van der Waals surface area contributed by atoms with Crippen LogP contribution < -0.4 is 0 Å². The van der Waals surface area contributed by atoms with Crippen LogP contribution in [0, 0.1) is 17.2 Å². The Bertz CT molecular complexity index is 224. The van der Waals surface area contributed by atoms with Crippen LogP contribution in [0.25, 0.3) is 0 Å². The van der Waals surface area contributed by atoms with Crippen molar-refractivity contribution in [2.45, 2.75) is 0 Å². The molecule has 0 N–H and O–H groups in total. The minimum atomic E-state index is 0. The summed E-state index contributed by atoms with van der Waals surface area (Å²) in [5, 5.41) is 0.991. The van der Waals surface area contributed by atoms with Crippen molar-refractivity contribution in [3.05, 3.63) is 54.0 Å². The Morgan fingerprint density at radius 3 is 1.38 bits per heavy atom. The molecular weight excluding hydrogens is 219 g/mol. The van der Waals surface area contributed by atoms with Crippen molar-refractivity contribution in [3.8, 4) is 0 Å². The molecular formula is C11H10ClV. The van der Waals surface area contributed by atoms with Gasteiger partial charge in [-0.1, -0.05) is 48.6 Å². The van der Waals surface area contributed by atoms with Crippen LogP contribution in [0.15, 0.2) is 48.6 Å². The second kappa shape index (κ2) is 4.90. The van der Waals surface area contributed by atoms with Gasteiger partial charge in [-0.15, -0.1) is 11.6 Å². The molecule has 0 bridgehead atoms. The fourth-order valence-electron chi connectivity index (χ4n) is 1.45. The van der Waals surface area contributed by atoms with E-state index in [0.29, 0.717) is 11.8 Å². The summed E-state index contributed by atoms with van der Waals surface area (Å²) in [4.78, 5) is 0. The summed E-state index contributed by atoms with van der Waals surface area (Å²) < 4.78 is 0. The van der Waals surface area contributed by atoms with Crippen molar-refractivity contribution in [1.29, 1.82) is 0 Å². The van der Waals surface area contributed by atoms with Gasteiger partial charge in [0.1, 0.15) is 0 Å². The van der Waals surface area contributed by atoms with E-state index in [0.717, 1.165) is 5.38 Å². The normalized spacial score (nSPS) is 20.5. The molecule has 66 valence electrons. The van der Waals surface area contributed by atoms with Gasteiger partial charge < -0.3 is 0 Å². The van der Waals surface area contributed by atoms with Crippen LogP contribution in [-0.2, 0) is 18.6 Å². The van der Waals surface area contributed by atoms with Crippen molar-refractivity contribution in [1.82, 2.24) is 0 Å². The molecule has 0 aliphatic heterocycles. The molecule has 0 atom stereocenters. The Balaban J connectivity index is 0.000000845. The minimum Gasteiger partial charge on any atom is -0.115 e. The van der Waals surface area contributed by atoms with Crippen molar-refractivity contribution in [3.63, 3.8) is 0 Å². The molecule has 0 saturated carbocycles. The summed E-state index contributed by atoms with van der Waals surface area (Å²) in [6, 6.07) is 0. The molecule has 0 fully saturated rings. The number of rotatable bonds is 2. The van der Waals surface area contributed by atoms with E-state index in [1.165, 1.54) is 0 Å². The fraction of sp³-hybridized carbons (Fsp3) is 0.182. The van der Waals surface area contributed by atoms with Gasteiger partial charge in [0.05, 0.1) is 5.38 Å². The Hall–Kier alpha value is -0.166. The molecule has 2 heteroatoms. The second-order valence-corrected chi connectivity index (χ2v) is 3.41. The maximum atomic E-state index is 6.21. The van der Waals surface area contributed by atoms with Crippen LogP contribution in [0.1, 0.15) is 0 Å². The first-order valence-corrected chi connectivity index (χ1v) is 4.48. The molecule has 0 saturated heterocycles. The Kier molecular flexibility index (Phi) is 4.11. The zero-order chi connectivity index (χ0) is 8.39. The zero-order valence-corrected chi connectivity index (χ0v) is 9.25. The SMILES string of the molecule is Cl[C](C1C=CC=C1)C1C=CC=C1.[V]. The maximum absolute atomic E-state index is 6.21. The third kappa shape index (κ3) is 2.40. The van der Waals surface area contributed by atoms with Gasteiger partial charge in [-0.05, 0) is 0 Å². The third-order valence-corrected chi connectivity index (χ3v) is 2.64. The third-order valence-electron chi connectivity index (χ3n) is 2.13. The topological polar surface area (TPSA) is 0 Å². The summed E-state index contributed by atoms with van der Waals surface area (Å²) in [7, 11) is 0. The van der Waals surface area contributed by atoms with Crippen molar-refractivity contribution in [2.24, 2.45) is 11.8 Å². The maximum Gasteiger partial charge on any atom is 0.0849 e. The smallest absolute Gasteiger partial charge is 0.0849 e. The summed E-state index contributed by atoms with van der Waals surface area (Å²) in [5.74, 6) is 0.646. The monoisotopic (exact) mass is 228 g/mol. The molecule has 2 rings (SSSR count). The first-order valence-electron chi connectivity index (χ1n) is 4.10. The van der Waals surface area contributed by atoms with E-state index < -0.39 is 0 Å². The second-order valence-electron chi connectivity index (χ2n) is 2.98. The minimum absolute atomic E-state index is 0. The predicted octanol–water partition coefficient (Wildman–Crippen LogP) is 3.24. The quantitative estimate of drug-likeness (QED) is 0.681. The molecule has 2 aliphatic rings. The van der Waals surface area contributed by atoms with Crippen molar-refractivity contribution >= 4 is 11.6 Å². The largest absolute Gasteiger partial charge is 0.115 e. The van der Waals surface area contributed by atoms with E-state index in [2.05, 4.69) is 24.3 Å². The zero-order valence-electron chi connectivity index (χ0n) is 7.10. The molecule has 2 radical (unpaired) electrons. The van der Waals surface area contributed by atoms with Gasteiger partial charge in [0, 0.05) is 30.4 Å². The van der Waals surface area contributed by atoms with Crippen LogP contribution >= 0.6 is 11.6 Å². The molecule has 0 aromatic rings. The van der Waals surface area contributed by atoms with E-state index in [1.807, 2.05) is 24.3 Å². The van der Waals surface area contributed by atoms with E-state index in [1.54, 1.807) is 0 Å². The van der Waals surface area contributed by atoms with Crippen LogP contribution in [0.5, 0.6) is 0 Å². The first-order chi connectivity index (χ1) is 5.88. The van der Waals surface area contributed by atoms with Crippen LogP contribution in [0.2, 0.25) is 0 Å². The molecule has 0 nitrogen and oxygen atoms in total. The van der Waals surface area contributed by atoms with E-state index in [-0.39, 0.29) is 18.6 Å². The van der Waals surface area contributed by atoms with Gasteiger partial charge >= 0.3 is 0 Å². The predicted molar refractivity (Wildman–Crippen MR) is 52.6 cm³/mol. The molecule has 0 spiro atoms. The Labute approximate surface area is 95.9 Å². The first kappa shape index (κ1) is 10.9. The molecule has 0 amide bonds. The summed E-state index contributed by atoms with van der Waals surface area (Å²) in [6.45, 7) is 0. The average Bonchev–Trinajstić information content (AvgIpc) is 2.77. The molecule has 0 heterocycles. The average molecular weight is 229 g/mol. The van der Waals surface area contributed by atoms with Gasteiger partial charge in [0.25, 0.3) is 0 Å². The molecule has 0 aromatic heterocycles. The van der Waals surface area contributed by atoms with Crippen LogP contribution in [-0.4, -0.2) is 0 Å². The van der Waals surface area contributed by atoms with Crippen LogP contribution in [0.3, 0.4) is 0 Å². The summed E-state index contributed by atoms with van der Waals surface area (Å²) in [6.07, 6.45) is 16.6. The van der Waals surface area contributed by atoms with Gasteiger partial charge in [-0.25, -0.2) is 0 Å². The molecule has 0 unspecified atom stereocenters. The number of allylic oxidation sites excluding steroid dienone is 8. The van der Waals surface area contributed by atoms with Crippen molar-refractivity contribution < 1.29 is 18.6 Å². The Morgan fingerprint density at radius 1 is 0.769 bits per heavy atom. The molecule has 2 aliphatic carbocycles. The number of hydrogen-bond acceptors (Lipinski definition) is 0. The number of hydrogen-bond donors (Lipinski definition) is 0. The summed E-state index contributed by atoms with van der Waals surface area (Å²) >= 11 is 6.21. The van der Waals surface area contributed by atoms with Gasteiger partial charge in [0.2, 0.25) is 0 Å². The van der Waals surface area contributed by atoms with E-state index in [9.17, 15) is 0 Å². The van der Waals surface area contributed by atoms with E-state index >= 15 is 0 Å². The van der Waals surface area contributed by atoms with Crippen LogP contribution in [0.4, 0.5) is 0 Å². The van der Waals surface area contributed by atoms with Gasteiger partial charge in [-0.2, -0.15) is 0 Å². The Morgan fingerprint density at radius 2 is 1.08 bits per heavy atom. The summed E-state index contributed by atoms with van der Waals surface area (Å²) in [5.41, 5.74) is 0. The molecule has 0 aromatic carbocycles. The fourth-order valence-corrected chi connectivity index (χ4v) is 1.74. The molecule has 13 heavy (non-hydrogen) atoms. The van der Waals surface area contributed by atoms with E-state index in [4.69, 9.17) is 11.6 Å².